The van der Waals surface area contributed by atoms with Gasteiger partial charge in [-0.05, 0) is 18.2 Å². The lowest BCUT2D eigenvalue weighted by molar-refractivity contribution is 0.415. The van der Waals surface area contributed by atoms with E-state index in [1.807, 2.05) is 17.7 Å². The molecule has 4 nitrogen and oxygen atoms in total. The number of halogens is 1. The lowest BCUT2D eigenvalue weighted by atomic mass is 10.2. The topological polar surface area (TPSA) is 50.8 Å². The molecular formula is C13H12ClN3O. The van der Waals surface area contributed by atoms with E-state index in [0.29, 0.717) is 17.2 Å². The fourth-order valence-electron chi connectivity index (χ4n) is 1.76. The standard InChI is InChI=1S/C13H12ClN3O/c1-17-10(5-6-15)8-16-13(17)9-3-4-12(18-2)11(14)7-9/h3-4,7-8H,5H2,1-2H3. The third-order valence-corrected chi connectivity index (χ3v) is 3.05. The van der Waals surface area contributed by atoms with E-state index in [1.54, 1.807) is 25.4 Å². The second-order valence-electron chi connectivity index (χ2n) is 3.82. The predicted octanol–water partition coefficient (Wildman–Crippen LogP) is 2.82. The van der Waals surface area contributed by atoms with Gasteiger partial charge in [-0.1, -0.05) is 11.6 Å². The number of nitriles is 1. The van der Waals surface area contributed by atoms with Crippen molar-refractivity contribution >= 4 is 11.6 Å². The van der Waals surface area contributed by atoms with E-state index in [2.05, 4.69) is 11.1 Å². The summed E-state index contributed by atoms with van der Waals surface area (Å²) >= 11 is 6.09. The molecule has 0 amide bonds. The monoisotopic (exact) mass is 261 g/mol. The number of benzene rings is 1. The van der Waals surface area contributed by atoms with Gasteiger partial charge in [-0.15, -0.1) is 0 Å². The largest absolute Gasteiger partial charge is 0.495 e. The van der Waals surface area contributed by atoms with Crippen molar-refractivity contribution in [3.05, 3.63) is 35.1 Å². The average Bonchev–Trinajstić information content (AvgIpc) is 2.72. The first kappa shape index (κ1) is 12.5. The first-order chi connectivity index (χ1) is 8.67. The summed E-state index contributed by atoms with van der Waals surface area (Å²) in [5, 5.41) is 9.25. The van der Waals surface area contributed by atoms with Crippen LogP contribution in [0.2, 0.25) is 5.02 Å². The Morgan fingerprint density at radius 3 is 2.89 bits per heavy atom. The molecule has 0 N–H and O–H groups in total. The van der Waals surface area contributed by atoms with Crippen LogP contribution in [0.1, 0.15) is 5.69 Å². The van der Waals surface area contributed by atoms with Crippen LogP contribution < -0.4 is 4.74 Å². The summed E-state index contributed by atoms with van der Waals surface area (Å²) in [6.07, 6.45) is 2.05. The summed E-state index contributed by atoms with van der Waals surface area (Å²) in [7, 11) is 3.46. The highest BCUT2D eigenvalue weighted by atomic mass is 35.5. The Morgan fingerprint density at radius 2 is 2.28 bits per heavy atom. The zero-order chi connectivity index (χ0) is 13.1. The van der Waals surface area contributed by atoms with Crippen molar-refractivity contribution in [3.63, 3.8) is 0 Å². The van der Waals surface area contributed by atoms with Crippen LogP contribution >= 0.6 is 11.6 Å². The Balaban J connectivity index is 2.43. The van der Waals surface area contributed by atoms with Gasteiger partial charge < -0.3 is 9.30 Å². The number of aromatic nitrogens is 2. The minimum atomic E-state index is 0.341. The molecule has 92 valence electrons. The highest BCUT2D eigenvalue weighted by Crippen LogP contribution is 2.29. The van der Waals surface area contributed by atoms with Crippen LogP contribution in [-0.2, 0) is 13.5 Å². The number of nitrogens with zero attached hydrogens (tertiary/aromatic N) is 3. The van der Waals surface area contributed by atoms with Crippen molar-refractivity contribution in [1.29, 1.82) is 5.26 Å². The van der Waals surface area contributed by atoms with Crippen LogP contribution in [0.25, 0.3) is 11.4 Å². The summed E-state index contributed by atoms with van der Waals surface area (Å²) in [5.74, 6) is 1.41. The van der Waals surface area contributed by atoms with E-state index >= 15 is 0 Å². The molecule has 2 aromatic rings. The molecule has 0 atom stereocenters. The number of methoxy groups -OCH3 is 1. The summed E-state index contributed by atoms with van der Waals surface area (Å²) in [6, 6.07) is 7.61. The highest BCUT2D eigenvalue weighted by molar-refractivity contribution is 6.32. The molecule has 0 fully saturated rings. The molecular weight excluding hydrogens is 250 g/mol. The minimum Gasteiger partial charge on any atom is -0.495 e. The van der Waals surface area contributed by atoms with Crippen molar-refractivity contribution in [2.75, 3.05) is 7.11 Å². The van der Waals surface area contributed by atoms with Crippen molar-refractivity contribution < 1.29 is 4.74 Å². The van der Waals surface area contributed by atoms with Gasteiger partial charge >= 0.3 is 0 Å². The number of ether oxygens (including phenoxy) is 1. The molecule has 0 aliphatic rings. The smallest absolute Gasteiger partial charge is 0.139 e. The molecule has 1 aromatic carbocycles. The first-order valence-electron chi connectivity index (χ1n) is 5.39. The van der Waals surface area contributed by atoms with Gasteiger partial charge in [0.15, 0.2) is 0 Å². The Morgan fingerprint density at radius 1 is 1.50 bits per heavy atom. The molecule has 0 saturated heterocycles. The molecule has 18 heavy (non-hydrogen) atoms. The average molecular weight is 262 g/mol. The Bertz CT molecular complexity index is 613. The molecule has 1 aromatic heterocycles. The molecule has 0 spiro atoms. The van der Waals surface area contributed by atoms with Crippen molar-refractivity contribution in [2.45, 2.75) is 6.42 Å². The van der Waals surface area contributed by atoms with Crippen molar-refractivity contribution in [1.82, 2.24) is 9.55 Å². The summed E-state index contributed by atoms with van der Waals surface area (Å²) in [5.41, 5.74) is 1.77. The highest BCUT2D eigenvalue weighted by Gasteiger charge is 2.10. The zero-order valence-corrected chi connectivity index (χ0v) is 10.9. The fraction of sp³-hybridized carbons (Fsp3) is 0.231. The van der Waals surface area contributed by atoms with Crippen LogP contribution in [0.3, 0.4) is 0 Å². The molecule has 0 unspecified atom stereocenters. The number of imidazole rings is 1. The van der Waals surface area contributed by atoms with Crippen LogP contribution in [0.5, 0.6) is 5.75 Å². The number of rotatable bonds is 3. The molecule has 0 saturated carbocycles. The maximum absolute atomic E-state index is 8.71. The van der Waals surface area contributed by atoms with Gasteiger partial charge in [0, 0.05) is 18.8 Å². The van der Waals surface area contributed by atoms with Gasteiger partial charge in [0.05, 0.1) is 30.3 Å². The van der Waals surface area contributed by atoms with Crippen LogP contribution in [-0.4, -0.2) is 16.7 Å². The quantitative estimate of drug-likeness (QED) is 0.854. The SMILES string of the molecule is COc1ccc(-c2ncc(CC#N)n2C)cc1Cl. The molecule has 1 heterocycles. The number of hydrogen-bond donors (Lipinski definition) is 0. The Labute approximate surface area is 110 Å². The molecule has 0 bridgehead atoms. The van der Waals surface area contributed by atoms with Gasteiger partial charge in [-0.2, -0.15) is 5.26 Å². The van der Waals surface area contributed by atoms with E-state index in [4.69, 9.17) is 21.6 Å². The van der Waals surface area contributed by atoms with Gasteiger partial charge in [0.2, 0.25) is 0 Å². The lowest BCUT2D eigenvalue weighted by Crippen LogP contribution is -1.98. The third kappa shape index (κ3) is 2.18. The van der Waals surface area contributed by atoms with E-state index in [1.165, 1.54) is 0 Å². The van der Waals surface area contributed by atoms with E-state index < -0.39 is 0 Å². The van der Waals surface area contributed by atoms with Crippen molar-refractivity contribution in [3.8, 4) is 23.2 Å². The molecule has 5 heteroatoms. The van der Waals surface area contributed by atoms with Crippen molar-refractivity contribution in [2.24, 2.45) is 7.05 Å². The van der Waals surface area contributed by atoms with Crippen LogP contribution in [0, 0.1) is 11.3 Å². The van der Waals surface area contributed by atoms with Gasteiger partial charge in [-0.3, -0.25) is 0 Å². The second-order valence-corrected chi connectivity index (χ2v) is 4.22. The van der Waals surface area contributed by atoms with Gasteiger partial charge in [0.1, 0.15) is 11.6 Å². The fourth-order valence-corrected chi connectivity index (χ4v) is 2.02. The molecule has 2 rings (SSSR count). The van der Waals surface area contributed by atoms with E-state index in [0.717, 1.165) is 17.1 Å². The maximum atomic E-state index is 8.71. The normalized spacial score (nSPS) is 10.1. The Hall–Kier alpha value is -1.99. The van der Waals surface area contributed by atoms with E-state index in [-0.39, 0.29) is 0 Å². The molecule has 0 radical (unpaired) electrons. The summed E-state index contributed by atoms with van der Waals surface area (Å²) < 4.78 is 7.00. The van der Waals surface area contributed by atoms with Gasteiger partial charge in [-0.25, -0.2) is 4.98 Å². The second kappa shape index (κ2) is 5.11. The Kier molecular flexibility index (Phi) is 3.54. The zero-order valence-electron chi connectivity index (χ0n) is 10.1. The summed E-state index contributed by atoms with van der Waals surface area (Å²) in [6.45, 7) is 0. The minimum absolute atomic E-state index is 0.341. The number of hydrogen-bond acceptors (Lipinski definition) is 3. The molecule has 0 aliphatic carbocycles. The van der Waals surface area contributed by atoms with Gasteiger partial charge in [0.25, 0.3) is 0 Å². The van der Waals surface area contributed by atoms with Crippen LogP contribution in [0.4, 0.5) is 0 Å². The lowest BCUT2D eigenvalue weighted by Gasteiger charge is -2.07. The molecule has 0 aliphatic heterocycles. The van der Waals surface area contributed by atoms with Crippen LogP contribution in [0.15, 0.2) is 24.4 Å². The van der Waals surface area contributed by atoms with E-state index in [9.17, 15) is 0 Å². The third-order valence-electron chi connectivity index (χ3n) is 2.75. The first-order valence-corrected chi connectivity index (χ1v) is 5.76. The summed E-state index contributed by atoms with van der Waals surface area (Å²) in [4.78, 5) is 4.31. The maximum Gasteiger partial charge on any atom is 0.139 e. The predicted molar refractivity (Wildman–Crippen MR) is 69.5 cm³/mol.